The van der Waals surface area contributed by atoms with Gasteiger partial charge in [0.25, 0.3) is 0 Å². The number of carbonyl (C=O) groups excluding carboxylic acids is 1. The fraction of sp³-hybridized carbons (Fsp3) is 0.240. The van der Waals surface area contributed by atoms with Gasteiger partial charge in [0.05, 0.1) is 12.7 Å². The Hall–Kier alpha value is -3.51. The number of piperazine rings is 1. The Labute approximate surface area is 182 Å². The molecule has 0 atom stereocenters. The molecule has 1 aliphatic rings. The van der Waals surface area contributed by atoms with E-state index in [1.165, 1.54) is 5.56 Å². The smallest absolute Gasteiger partial charge is 0.246 e. The van der Waals surface area contributed by atoms with E-state index in [4.69, 9.17) is 14.9 Å². The van der Waals surface area contributed by atoms with Gasteiger partial charge in [-0.3, -0.25) is 9.69 Å². The van der Waals surface area contributed by atoms with Crippen molar-refractivity contribution in [3.63, 3.8) is 0 Å². The predicted molar refractivity (Wildman–Crippen MR) is 122 cm³/mol. The number of carbonyl (C=O) groups is 1. The molecule has 2 heterocycles. The third-order valence-electron chi connectivity index (χ3n) is 5.44. The summed E-state index contributed by atoms with van der Waals surface area (Å²) in [6.45, 7) is 4.11. The Morgan fingerprint density at radius 3 is 2.58 bits per heavy atom. The molecule has 1 amide bonds. The van der Waals surface area contributed by atoms with Gasteiger partial charge in [-0.15, -0.1) is 0 Å². The van der Waals surface area contributed by atoms with Gasteiger partial charge in [0.2, 0.25) is 5.91 Å². The maximum atomic E-state index is 12.6. The molecule has 2 N–H and O–H groups in total. The number of nitrogens with zero attached hydrogens (tertiary/aromatic N) is 2. The van der Waals surface area contributed by atoms with Crippen molar-refractivity contribution in [3.8, 4) is 17.1 Å². The second-order valence-corrected chi connectivity index (χ2v) is 7.58. The van der Waals surface area contributed by atoms with Gasteiger partial charge in [0.1, 0.15) is 17.3 Å². The number of benzene rings is 2. The summed E-state index contributed by atoms with van der Waals surface area (Å²) in [5.74, 6) is 1.93. The molecule has 6 nitrogen and oxygen atoms in total. The molecule has 1 aliphatic heterocycles. The molecule has 0 spiro atoms. The molecule has 0 radical (unpaired) electrons. The van der Waals surface area contributed by atoms with Gasteiger partial charge in [-0.25, -0.2) is 0 Å². The Morgan fingerprint density at radius 1 is 1.06 bits per heavy atom. The van der Waals surface area contributed by atoms with Gasteiger partial charge in [-0.1, -0.05) is 30.3 Å². The van der Waals surface area contributed by atoms with E-state index in [-0.39, 0.29) is 5.91 Å². The molecular formula is C25H27N3O3. The first-order chi connectivity index (χ1) is 15.1. The Kier molecular flexibility index (Phi) is 6.38. The van der Waals surface area contributed by atoms with E-state index in [9.17, 15) is 4.79 Å². The van der Waals surface area contributed by atoms with Crippen LogP contribution in [0.4, 0.5) is 5.69 Å². The molecule has 0 bridgehead atoms. The van der Waals surface area contributed by atoms with E-state index >= 15 is 0 Å². The van der Waals surface area contributed by atoms with Crippen LogP contribution in [0.5, 0.6) is 5.75 Å². The predicted octanol–water partition coefficient (Wildman–Crippen LogP) is 3.90. The minimum atomic E-state index is 0.00220. The van der Waals surface area contributed by atoms with Gasteiger partial charge in [-0.2, -0.15) is 0 Å². The van der Waals surface area contributed by atoms with Crippen molar-refractivity contribution < 1.29 is 13.9 Å². The quantitative estimate of drug-likeness (QED) is 0.487. The molecular weight excluding hydrogens is 390 g/mol. The number of amides is 1. The number of ether oxygens (including phenoxy) is 1. The van der Waals surface area contributed by atoms with Gasteiger partial charge >= 0.3 is 0 Å². The molecule has 0 unspecified atom stereocenters. The lowest BCUT2D eigenvalue weighted by molar-refractivity contribution is -0.127. The lowest BCUT2D eigenvalue weighted by Crippen LogP contribution is -2.47. The van der Waals surface area contributed by atoms with Gasteiger partial charge in [0.15, 0.2) is 0 Å². The van der Waals surface area contributed by atoms with E-state index in [0.717, 1.165) is 38.3 Å². The topological polar surface area (TPSA) is 71.9 Å². The number of hydrogen-bond donors (Lipinski definition) is 1. The fourth-order valence-corrected chi connectivity index (χ4v) is 3.73. The van der Waals surface area contributed by atoms with Crippen LogP contribution < -0.4 is 10.5 Å². The highest BCUT2D eigenvalue weighted by Gasteiger charge is 2.19. The third kappa shape index (κ3) is 5.16. The first-order valence-corrected chi connectivity index (χ1v) is 10.4. The van der Waals surface area contributed by atoms with Crippen LogP contribution >= 0.6 is 0 Å². The van der Waals surface area contributed by atoms with Crippen LogP contribution in [-0.2, 0) is 11.3 Å². The molecule has 0 aliphatic carbocycles. The monoisotopic (exact) mass is 417 g/mol. The minimum absolute atomic E-state index is 0.00220. The molecule has 6 heteroatoms. The molecule has 1 fully saturated rings. The van der Waals surface area contributed by atoms with E-state index in [1.807, 2.05) is 29.2 Å². The number of furan rings is 1. The number of nitrogen functional groups attached to an aromatic ring is 1. The van der Waals surface area contributed by atoms with Crippen LogP contribution in [0, 0.1) is 0 Å². The molecule has 3 aromatic rings. The molecule has 2 aromatic carbocycles. The summed E-state index contributed by atoms with van der Waals surface area (Å²) in [5.41, 5.74) is 8.56. The van der Waals surface area contributed by atoms with Crippen molar-refractivity contribution in [2.75, 3.05) is 39.0 Å². The van der Waals surface area contributed by atoms with Crippen LogP contribution in [0.3, 0.4) is 0 Å². The number of hydrogen-bond acceptors (Lipinski definition) is 5. The van der Waals surface area contributed by atoms with Crippen LogP contribution in [0.1, 0.15) is 11.3 Å². The first-order valence-electron chi connectivity index (χ1n) is 10.4. The van der Waals surface area contributed by atoms with E-state index < -0.39 is 0 Å². The second-order valence-electron chi connectivity index (χ2n) is 7.58. The maximum Gasteiger partial charge on any atom is 0.246 e. The molecule has 1 aromatic heterocycles. The molecule has 1 saturated heterocycles. The summed E-state index contributed by atoms with van der Waals surface area (Å²) >= 11 is 0. The zero-order valence-corrected chi connectivity index (χ0v) is 17.7. The van der Waals surface area contributed by atoms with Crippen molar-refractivity contribution >= 4 is 17.7 Å². The van der Waals surface area contributed by atoms with Crippen molar-refractivity contribution in [3.05, 3.63) is 78.1 Å². The highest BCUT2D eigenvalue weighted by Crippen LogP contribution is 2.33. The Bertz CT molecular complexity index is 1050. The Morgan fingerprint density at radius 2 is 1.84 bits per heavy atom. The van der Waals surface area contributed by atoms with Gasteiger partial charge in [-0.05, 0) is 35.9 Å². The van der Waals surface area contributed by atoms with E-state index in [2.05, 4.69) is 29.2 Å². The maximum absolute atomic E-state index is 12.6. The number of nitrogens with two attached hydrogens (primary N) is 1. The summed E-state index contributed by atoms with van der Waals surface area (Å²) in [5, 5.41) is 0. The zero-order chi connectivity index (χ0) is 21.6. The largest absolute Gasteiger partial charge is 0.496 e. The van der Waals surface area contributed by atoms with Gasteiger partial charge in [0, 0.05) is 50.6 Å². The summed E-state index contributed by atoms with van der Waals surface area (Å²) in [7, 11) is 1.60. The van der Waals surface area contributed by atoms with E-state index in [0.29, 0.717) is 23.0 Å². The lowest BCUT2D eigenvalue weighted by Gasteiger charge is -2.34. The van der Waals surface area contributed by atoms with Crippen molar-refractivity contribution in [2.45, 2.75) is 6.54 Å². The van der Waals surface area contributed by atoms with Gasteiger partial charge < -0.3 is 19.8 Å². The summed E-state index contributed by atoms with van der Waals surface area (Å²) in [6, 6.07) is 19.5. The molecule has 31 heavy (non-hydrogen) atoms. The van der Waals surface area contributed by atoms with Crippen LogP contribution in [-0.4, -0.2) is 49.0 Å². The average molecular weight is 418 g/mol. The SMILES string of the molecule is COc1cc(N)ccc1-c1ccc(/C=C/C(=O)N2CCN(Cc3ccccc3)CC2)o1. The molecule has 4 rings (SSSR count). The first kappa shape index (κ1) is 20.8. The summed E-state index contributed by atoms with van der Waals surface area (Å²) in [4.78, 5) is 16.9. The number of methoxy groups -OCH3 is 1. The molecule has 0 saturated carbocycles. The van der Waals surface area contributed by atoms with Crippen molar-refractivity contribution in [1.82, 2.24) is 9.80 Å². The van der Waals surface area contributed by atoms with E-state index in [1.54, 1.807) is 31.4 Å². The summed E-state index contributed by atoms with van der Waals surface area (Å²) < 4.78 is 11.3. The molecule has 160 valence electrons. The highest BCUT2D eigenvalue weighted by molar-refractivity contribution is 5.91. The third-order valence-corrected chi connectivity index (χ3v) is 5.44. The van der Waals surface area contributed by atoms with Crippen molar-refractivity contribution in [1.29, 1.82) is 0 Å². The fourth-order valence-electron chi connectivity index (χ4n) is 3.73. The highest BCUT2D eigenvalue weighted by atomic mass is 16.5. The normalized spacial score (nSPS) is 14.8. The number of anilines is 1. The Balaban J connectivity index is 1.33. The number of rotatable bonds is 6. The minimum Gasteiger partial charge on any atom is -0.496 e. The summed E-state index contributed by atoms with van der Waals surface area (Å²) in [6.07, 6.45) is 3.29. The van der Waals surface area contributed by atoms with Crippen LogP contribution in [0.2, 0.25) is 0 Å². The lowest BCUT2D eigenvalue weighted by atomic mass is 10.1. The second kappa shape index (κ2) is 9.53. The average Bonchev–Trinajstić information content (AvgIpc) is 3.27. The standard InChI is InChI=1S/C25H27N3O3/c1-30-24-17-20(26)7-10-22(24)23-11-8-21(31-23)9-12-25(29)28-15-13-27(14-16-28)18-19-5-3-2-4-6-19/h2-12,17H,13-16,18,26H2,1H3/b12-9+. The van der Waals surface area contributed by atoms with Crippen LogP contribution in [0.25, 0.3) is 17.4 Å². The van der Waals surface area contributed by atoms with Crippen molar-refractivity contribution in [2.24, 2.45) is 0 Å². The van der Waals surface area contributed by atoms with Crippen LogP contribution in [0.15, 0.2) is 71.2 Å². The zero-order valence-electron chi connectivity index (χ0n) is 17.7.